The number of nitrogens with one attached hydrogen (secondary N) is 2. The second-order valence-corrected chi connectivity index (χ2v) is 5.01. The van der Waals surface area contributed by atoms with Crippen molar-refractivity contribution < 1.29 is 9.59 Å². The maximum atomic E-state index is 11.8. The first-order chi connectivity index (χ1) is 8.49. The lowest BCUT2D eigenvalue weighted by molar-refractivity contribution is -0.131. The van der Waals surface area contributed by atoms with Crippen molar-refractivity contribution in [2.45, 2.75) is 19.9 Å². The van der Waals surface area contributed by atoms with Gasteiger partial charge in [0.05, 0.1) is 13.1 Å². The molecular weight excluding hydrogens is 232 g/mol. The van der Waals surface area contributed by atoms with Crippen LogP contribution in [0.5, 0.6) is 0 Å². The van der Waals surface area contributed by atoms with Crippen LogP contribution >= 0.6 is 0 Å². The molecule has 0 radical (unpaired) electrons. The molecule has 0 saturated carbocycles. The number of likely N-dealkylation sites (N-methyl/N-ethyl adjacent to an activating group) is 1. The largest absolute Gasteiger partial charge is 0.353 e. The van der Waals surface area contributed by atoms with Gasteiger partial charge in [-0.25, -0.2) is 0 Å². The monoisotopic (exact) mass is 256 g/mol. The van der Waals surface area contributed by atoms with Gasteiger partial charge in [0.1, 0.15) is 0 Å². The Labute approximate surface area is 109 Å². The molecule has 2 N–H and O–H groups in total. The van der Waals surface area contributed by atoms with Crippen molar-refractivity contribution in [3.05, 3.63) is 0 Å². The number of hydrogen-bond acceptors (Lipinski definition) is 4. The first-order valence-electron chi connectivity index (χ1n) is 6.45. The summed E-state index contributed by atoms with van der Waals surface area (Å²) in [4.78, 5) is 27.2. The van der Waals surface area contributed by atoms with E-state index in [2.05, 4.69) is 22.6 Å². The molecule has 18 heavy (non-hydrogen) atoms. The molecule has 0 spiro atoms. The third-order valence-electron chi connectivity index (χ3n) is 2.87. The van der Waals surface area contributed by atoms with Crippen molar-refractivity contribution in [1.29, 1.82) is 0 Å². The lowest BCUT2D eigenvalue weighted by Gasteiger charge is -2.32. The molecule has 6 nitrogen and oxygen atoms in total. The van der Waals surface area contributed by atoms with Crippen LogP contribution in [0, 0.1) is 0 Å². The van der Waals surface area contributed by atoms with Gasteiger partial charge in [0.25, 0.3) is 0 Å². The second-order valence-electron chi connectivity index (χ2n) is 5.01. The number of hydrogen-bond donors (Lipinski definition) is 2. The standard InChI is InChI=1S/C12H24N4O2/c1-10(2)14-11(17)8-13-9-12(18)16-6-4-15(3)5-7-16/h10,13H,4-9H2,1-3H3,(H,14,17). The third-order valence-corrected chi connectivity index (χ3v) is 2.87. The van der Waals surface area contributed by atoms with Gasteiger partial charge in [0.2, 0.25) is 11.8 Å². The molecule has 1 aliphatic rings. The molecule has 1 rings (SSSR count). The van der Waals surface area contributed by atoms with Crippen LogP contribution < -0.4 is 10.6 Å². The predicted octanol–water partition coefficient (Wildman–Crippen LogP) is -1.13. The van der Waals surface area contributed by atoms with Gasteiger partial charge in [-0.1, -0.05) is 0 Å². The average Bonchev–Trinajstić information content (AvgIpc) is 2.28. The van der Waals surface area contributed by atoms with Crippen LogP contribution in [0.15, 0.2) is 0 Å². The molecule has 1 aliphatic heterocycles. The molecule has 0 aliphatic carbocycles. The van der Waals surface area contributed by atoms with Crippen LogP contribution in [0.25, 0.3) is 0 Å². The Morgan fingerprint density at radius 2 is 1.72 bits per heavy atom. The van der Waals surface area contributed by atoms with Crippen LogP contribution in [0.3, 0.4) is 0 Å². The van der Waals surface area contributed by atoms with E-state index in [0.717, 1.165) is 26.2 Å². The lowest BCUT2D eigenvalue weighted by atomic mass is 10.3. The van der Waals surface area contributed by atoms with E-state index in [1.165, 1.54) is 0 Å². The molecule has 0 aromatic carbocycles. The molecule has 1 saturated heterocycles. The fourth-order valence-corrected chi connectivity index (χ4v) is 1.82. The SMILES string of the molecule is CC(C)NC(=O)CNCC(=O)N1CCN(C)CC1. The smallest absolute Gasteiger partial charge is 0.236 e. The van der Waals surface area contributed by atoms with Crippen molar-refractivity contribution in [2.24, 2.45) is 0 Å². The first-order valence-corrected chi connectivity index (χ1v) is 6.45. The maximum absolute atomic E-state index is 11.8. The van der Waals surface area contributed by atoms with Crippen molar-refractivity contribution in [2.75, 3.05) is 46.3 Å². The topological polar surface area (TPSA) is 64.7 Å². The molecule has 104 valence electrons. The van der Waals surface area contributed by atoms with Crippen LogP contribution in [0.2, 0.25) is 0 Å². The summed E-state index contributed by atoms with van der Waals surface area (Å²) in [7, 11) is 2.05. The van der Waals surface area contributed by atoms with Gasteiger partial charge < -0.3 is 15.1 Å². The number of amides is 2. The molecule has 6 heteroatoms. The zero-order valence-electron chi connectivity index (χ0n) is 11.5. The summed E-state index contributed by atoms with van der Waals surface area (Å²) in [6.45, 7) is 7.62. The average molecular weight is 256 g/mol. The van der Waals surface area contributed by atoms with E-state index >= 15 is 0 Å². The van der Waals surface area contributed by atoms with Crippen LogP contribution in [-0.2, 0) is 9.59 Å². The highest BCUT2D eigenvalue weighted by molar-refractivity contribution is 5.81. The minimum absolute atomic E-state index is 0.0699. The number of nitrogens with zero attached hydrogens (tertiary/aromatic N) is 2. The summed E-state index contributed by atoms with van der Waals surface area (Å²) >= 11 is 0. The summed E-state index contributed by atoms with van der Waals surface area (Å²) in [6.07, 6.45) is 0. The van der Waals surface area contributed by atoms with Gasteiger partial charge in [0.15, 0.2) is 0 Å². The minimum Gasteiger partial charge on any atom is -0.353 e. The van der Waals surface area contributed by atoms with Crippen molar-refractivity contribution in [3.63, 3.8) is 0 Å². The zero-order valence-corrected chi connectivity index (χ0v) is 11.5. The molecule has 1 heterocycles. The highest BCUT2D eigenvalue weighted by Gasteiger charge is 2.18. The first kappa shape index (κ1) is 14.9. The normalized spacial score (nSPS) is 17.0. The zero-order chi connectivity index (χ0) is 13.5. The van der Waals surface area contributed by atoms with Gasteiger partial charge in [0, 0.05) is 32.2 Å². The molecule has 1 fully saturated rings. The van der Waals surface area contributed by atoms with E-state index in [0.29, 0.717) is 0 Å². The highest BCUT2D eigenvalue weighted by atomic mass is 16.2. The Hall–Kier alpha value is -1.14. The number of carbonyl (C=O) groups excluding carboxylic acids is 2. The van der Waals surface area contributed by atoms with Gasteiger partial charge in [-0.05, 0) is 20.9 Å². The maximum Gasteiger partial charge on any atom is 0.236 e. The van der Waals surface area contributed by atoms with E-state index in [-0.39, 0.29) is 30.9 Å². The minimum atomic E-state index is -0.0730. The Morgan fingerprint density at radius 3 is 2.28 bits per heavy atom. The Bertz CT molecular complexity index is 286. The van der Waals surface area contributed by atoms with E-state index in [1.54, 1.807) is 0 Å². The molecule has 0 aromatic rings. The van der Waals surface area contributed by atoms with Gasteiger partial charge in [-0.2, -0.15) is 0 Å². The molecule has 0 unspecified atom stereocenters. The van der Waals surface area contributed by atoms with Crippen LogP contribution in [-0.4, -0.2) is 74.0 Å². The Kier molecular flexibility index (Phi) is 6.07. The molecule has 0 aromatic heterocycles. The van der Waals surface area contributed by atoms with Crippen LogP contribution in [0.1, 0.15) is 13.8 Å². The predicted molar refractivity (Wildman–Crippen MR) is 70.2 cm³/mol. The van der Waals surface area contributed by atoms with Gasteiger partial charge >= 0.3 is 0 Å². The van der Waals surface area contributed by atoms with E-state index in [9.17, 15) is 9.59 Å². The molecular formula is C12H24N4O2. The number of rotatable bonds is 5. The molecule has 0 bridgehead atoms. The fraction of sp³-hybridized carbons (Fsp3) is 0.833. The lowest BCUT2D eigenvalue weighted by Crippen LogP contribution is -2.50. The Morgan fingerprint density at radius 1 is 1.11 bits per heavy atom. The van der Waals surface area contributed by atoms with E-state index < -0.39 is 0 Å². The molecule has 0 atom stereocenters. The van der Waals surface area contributed by atoms with Gasteiger partial charge in [-0.15, -0.1) is 0 Å². The Balaban J connectivity index is 2.15. The highest BCUT2D eigenvalue weighted by Crippen LogP contribution is 1.98. The number of piperazine rings is 1. The summed E-state index contributed by atoms with van der Waals surface area (Å²) in [5, 5.41) is 5.65. The summed E-state index contributed by atoms with van der Waals surface area (Å²) < 4.78 is 0. The summed E-state index contributed by atoms with van der Waals surface area (Å²) in [6, 6.07) is 0.132. The van der Waals surface area contributed by atoms with Crippen molar-refractivity contribution in [1.82, 2.24) is 20.4 Å². The number of carbonyl (C=O) groups is 2. The van der Waals surface area contributed by atoms with Crippen LogP contribution in [0.4, 0.5) is 0 Å². The van der Waals surface area contributed by atoms with E-state index in [4.69, 9.17) is 0 Å². The van der Waals surface area contributed by atoms with Crippen molar-refractivity contribution in [3.8, 4) is 0 Å². The molecule has 2 amide bonds. The summed E-state index contributed by atoms with van der Waals surface area (Å²) in [5.74, 6) is -0.00313. The summed E-state index contributed by atoms with van der Waals surface area (Å²) in [5.41, 5.74) is 0. The second kappa shape index (κ2) is 7.33. The quantitative estimate of drug-likeness (QED) is 0.654. The third kappa shape index (κ3) is 5.46. The van der Waals surface area contributed by atoms with E-state index in [1.807, 2.05) is 18.7 Å². The fourth-order valence-electron chi connectivity index (χ4n) is 1.82. The van der Waals surface area contributed by atoms with Gasteiger partial charge in [-0.3, -0.25) is 14.9 Å². The van der Waals surface area contributed by atoms with Crippen molar-refractivity contribution >= 4 is 11.8 Å².